The number of aliphatic carboxylic acids is 1. The lowest BCUT2D eigenvalue weighted by Crippen LogP contribution is -2.18. The van der Waals surface area contributed by atoms with Crippen LogP contribution in [-0.4, -0.2) is 21.9 Å². The fourth-order valence-corrected chi connectivity index (χ4v) is 1.59. The predicted octanol–water partition coefficient (Wildman–Crippen LogP) is 3.81. The average Bonchev–Trinajstić information content (AvgIpc) is 1.98. The van der Waals surface area contributed by atoms with Gasteiger partial charge in [-0.05, 0) is 38.5 Å². The van der Waals surface area contributed by atoms with E-state index in [9.17, 15) is 4.79 Å². The Morgan fingerprint density at radius 2 is 1.53 bits per heavy atom. The highest BCUT2D eigenvalue weighted by atomic mass is 17.1. The molecule has 4 heteroatoms. The molecule has 0 heterocycles. The van der Waals surface area contributed by atoms with Gasteiger partial charge in [0.25, 0.3) is 0 Å². The first kappa shape index (κ1) is 18.7. The van der Waals surface area contributed by atoms with Gasteiger partial charge in [-0.15, -0.1) is 0 Å². The van der Waals surface area contributed by atoms with E-state index in [-0.39, 0.29) is 11.8 Å². The van der Waals surface area contributed by atoms with E-state index in [4.69, 9.17) is 10.4 Å². The topological polar surface area (TPSA) is 66.8 Å². The third kappa shape index (κ3) is 18.0. The Labute approximate surface area is 105 Å². The minimum atomic E-state index is -0.698. The summed E-state index contributed by atoms with van der Waals surface area (Å²) < 4.78 is 0. The third-order valence-electron chi connectivity index (χ3n) is 1.86. The second kappa shape index (κ2) is 7.67. The Balaban J connectivity index is 0. The molecule has 0 radical (unpaired) electrons. The number of carboxylic acid groups (broad SMARTS) is 1. The summed E-state index contributed by atoms with van der Waals surface area (Å²) in [5.74, 6) is -0.125. The van der Waals surface area contributed by atoms with Crippen molar-refractivity contribution >= 4 is 5.97 Å². The van der Waals surface area contributed by atoms with E-state index in [1.165, 1.54) is 0 Å². The Hall–Kier alpha value is -0.610. The molecule has 2 N–H and O–H groups in total. The highest BCUT2D eigenvalue weighted by Gasteiger charge is 2.22. The van der Waals surface area contributed by atoms with Crippen molar-refractivity contribution in [3.05, 3.63) is 0 Å². The zero-order chi connectivity index (χ0) is 14.3. The van der Waals surface area contributed by atoms with Crippen molar-refractivity contribution in [2.45, 2.75) is 66.9 Å². The van der Waals surface area contributed by atoms with Crippen LogP contribution in [0.1, 0.15) is 61.3 Å². The van der Waals surface area contributed by atoms with Crippen LogP contribution in [0, 0.1) is 11.3 Å². The molecule has 0 unspecified atom stereocenters. The first-order chi connectivity index (χ1) is 7.39. The van der Waals surface area contributed by atoms with Gasteiger partial charge in [-0.1, -0.05) is 27.7 Å². The predicted molar refractivity (Wildman–Crippen MR) is 69.0 cm³/mol. The van der Waals surface area contributed by atoms with E-state index in [1.54, 1.807) is 20.8 Å². The second-order valence-electron chi connectivity index (χ2n) is 6.54. The molecule has 0 fully saturated rings. The summed E-state index contributed by atoms with van der Waals surface area (Å²) in [6.45, 7) is 13.5. The van der Waals surface area contributed by atoms with Crippen LogP contribution in [0.5, 0.6) is 0 Å². The van der Waals surface area contributed by atoms with Crippen molar-refractivity contribution in [1.82, 2.24) is 0 Å². The quantitative estimate of drug-likeness (QED) is 0.586. The van der Waals surface area contributed by atoms with Gasteiger partial charge in [-0.2, -0.15) is 0 Å². The van der Waals surface area contributed by atoms with E-state index in [0.717, 1.165) is 6.42 Å². The lowest BCUT2D eigenvalue weighted by molar-refractivity contribution is -0.306. The number of hydrogen-bond acceptors (Lipinski definition) is 3. The van der Waals surface area contributed by atoms with Crippen LogP contribution in [0.4, 0.5) is 0 Å². The number of carbonyl (C=O) groups is 1. The lowest BCUT2D eigenvalue weighted by Gasteiger charge is -2.24. The maximum Gasteiger partial charge on any atom is 0.303 e. The van der Waals surface area contributed by atoms with Gasteiger partial charge in [-0.25, -0.2) is 4.89 Å². The Morgan fingerprint density at radius 3 is 1.71 bits per heavy atom. The molecule has 0 aromatic rings. The molecule has 4 nitrogen and oxygen atoms in total. The van der Waals surface area contributed by atoms with Crippen LogP contribution < -0.4 is 0 Å². The Kier molecular flexibility index (Phi) is 8.45. The maximum atomic E-state index is 10.4. The molecule has 0 bridgehead atoms. The standard InChI is InChI=1S/C9H18O2.C4H10O2/c1-7(2)5-9(3,4)6-8(10)11;1-4(2,3)6-5/h7H,5-6H2,1-4H3,(H,10,11);5H,1-3H3. The SMILES string of the molecule is CC(C)(C)OO.CC(C)CC(C)(C)CC(=O)O. The molecule has 0 saturated heterocycles. The van der Waals surface area contributed by atoms with E-state index >= 15 is 0 Å². The molecule has 0 saturated carbocycles. The van der Waals surface area contributed by atoms with Crippen molar-refractivity contribution in [2.75, 3.05) is 0 Å². The highest BCUT2D eigenvalue weighted by molar-refractivity contribution is 5.67. The van der Waals surface area contributed by atoms with Gasteiger partial charge in [0.05, 0.1) is 12.0 Å². The maximum absolute atomic E-state index is 10.4. The van der Waals surface area contributed by atoms with E-state index in [2.05, 4.69) is 18.7 Å². The molecule has 17 heavy (non-hydrogen) atoms. The molecule has 104 valence electrons. The summed E-state index contributed by atoms with van der Waals surface area (Å²) in [6, 6.07) is 0. The minimum Gasteiger partial charge on any atom is -0.481 e. The van der Waals surface area contributed by atoms with Gasteiger partial charge in [0.2, 0.25) is 0 Å². The largest absolute Gasteiger partial charge is 0.481 e. The molecule has 0 aliphatic carbocycles. The Bertz CT molecular complexity index is 214. The monoisotopic (exact) mass is 248 g/mol. The van der Waals surface area contributed by atoms with Gasteiger partial charge >= 0.3 is 5.97 Å². The van der Waals surface area contributed by atoms with Gasteiger partial charge in [0.1, 0.15) is 0 Å². The van der Waals surface area contributed by atoms with Crippen LogP contribution in [0.3, 0.4) is 0 Å². The third-order valence-corrected chi connectivity index (χ3v) is 1.86. The molecule has 0 spiro atoms. The molecule has 0 aromatic carbocycles. The molecule has 0 rings (SSSR count). The molecule has 0 atom stereocenters. The van der Waals surface area contributed by atoms with Gasteiger partial charge in [0.15, 0.2) is 0 Å². The van der Waals surface area contributed by atoms with Gasteiger partial charge in [0, 0.05) is 0 Å². The molecule has 0 amide bonds. The van der Waals surface area contributed by atoms with Crippen LogP contribution in [0.2, 0.25) is 0 Å². The number of rotatable bonds is 4. The van der Waals surface area contributed by atoms with Gasteiger partial charge in [-0.3, -0.25) is 10.1 Å². The van der Waals surface area contributed by atoms with E-state index in [1.807, 2.05) is 13.8 Å². The zero-order valence-corrected chi connectivity index (χ0v) is 12.2. The molecule has 0 aliphatic heterocycles. The summed E-state index contributed by atoms with van der Waals surface area (Å²) in [7, 11) is 0. The van der Waals surface area contributed by atoms with E-state index in [0.29, 0.717) is 5.92 Å². The zero-order valence-electron chi connectivity index (χ0n) is 12.2. The van der Waals surface area contributed by atoms with E-state index < -0.39 is 11.6 Å². The number of hydrogen-bond donors (Lipinski definition) is 2. The summed E-state index contributed by atoms with van der Waals surface area (Å²) in [4.78, 5) is 14.3. The Morgan fingerprint density at radius 1 is 1.18 bits per heavy atom. The normalized spacial score (nSPS) is 12.1. The molecular formula is C13H28O4. The first-order valence-corrected chi connectivity index (χ1v) is 5.94. The van der Waals surface area contributed by atoms with Crippen molar-refractivity contribution in [3.8, 4) is 0 Å². The van der Waals surface area contributed by atoms with Crippen LogP contribution >= 0.6 is 0 Å². The smallest absolute Gasteiger partial charge is 0.303 e. The average molecular weight is 248 g/mol. The van der Waals surface area contributed by atoms with Crippen molar-refractivity contribution in [2.24, 2.45) is 11.3 Å². The van der Waals surface area contributed by atoms with Crippen molar-refractivity contribution in [1.29, 1.82) is 0 Å². The second-order valence-corrected chi connectivity index (χ2v) is 6.54. The minimum absolute atomic E-state index is 0.0556. The van der Waals surface area contributed by atoms with Crippen molar-refractivity contribution < 1.29 is 20.0 Å². The summed E-state index contributed by atoms with van der Waals surface area (Å²) in [5.41, 5.74) is -0.458. The highest BCUT2D eigenvalue weighted by Crippen LogP contribution is 2.28. The van der Waals surface area contributed by atoms with Crippen molar-refractivity contribution in [3.63, 3.8) is 0 Å². The fourth-order valence-electron chi connectivity index (χ4n) is 1.59. The van der Waals surface area contributed by atoms with Crippen LogP contribution in [0.25, 0.3) is 0 Å². The summed E-state index contributed by atoms with van der Waals surface area (Å²) in [6.07, 6.45) is 1.24. The van der Waals surface area contributed by atoms with Crippen LogP contribution in [0.15, 0.2) is 0 Å². The number of carboxylic acids is 1. The summed E-state index contributed by atoms with van der Waals surface area (Å²) >= 11 is 0. The molecule has 0 aromatic heterocycles. The first-order valence-electron chi connectivity index (χ1n) is 5.94. The fraction of sp³-hybridized carbons (Fsp3) is 0.923. The van der Waals surface area contributed by atoms with Crippen LogP contribution in [-0.2, 0) is 9.68 Å². The van der Waals surface area contributed by atoms with Gasteiger partial charge < -0.3 is 5.11 Å². The molecular weight excluding hydrogens is 220 g/mol. The summed E-state index contributed by atoms with van der Waals surface area (Å²) in [5, 5.41) is 16.5. The molecule has 0 aliphatic rings. The lowest BCUT2D eigenvalue weighted by atomic mass is 9.81.